The molecule has 0 aliphatic rings. The lowest BCUT2D eigenvalue weighted by Gasteiger charge is -2.13. The average Bonchev–Trinajstić information content (AvgIpc) is 2.05. The first-order valence-corrected chi connectivity index (χ1v) is 4.57. The van der Waals surface area contributed by atoms with Crippen molar-refractivity contribution in [1.29, 1.82) is 0 Å². The van der Waals surface area contributed by atoms with Gasteiger partial charge in [0.25, 0.3) is 0 Å². The Morgan fingerprint density at radius 3 is 2.38 bits per heavy atom. The van der Waals surface area contributed by atoms with E-state index in [0.717, 1.165) is 6.42 Å². The van der Waals surface area contributed by atoms with Crippen molar-refractivity contribution < 1.29 is 4.74 Å². The zero-order valence-electron chi connectivity index (χ0n) is 9.13. The zero-order chi connectivity index (χ0) is 10.3. The van der Waals surface area contributed by atoms with Crippen molar-refractivity contribution in [2.75, 3.05) is 7.11 Å². The van der Waals surface area contributed by atoms with E-state index in [1.54, 1.807) is 13.2 Å². The molecule has 0 aliphatic carbocycles. The van der Waals surface area contributed by atoms with Crippen LogP contribution in [0.15, 0.2) is 36.0 Å². The van der Waals surface area contributed by atoms with E-state index < -0.39 is 0 Å². The SMILES string of the molecule is C=C/C=C(\C)[C@@H](CC=C(C)C)OC. The van der Waals surface area contributed by atoms with E-state index in [1.807, 2.05) is 6.08 Å². The second kappa shape index (κ2) is 6.67. The molecule has 0 heterocycles. The van der Waals surface area contributed by atoms with Gasteiger partial charge in [-0.05, 0) is 32.8 Å². The first-order valence-electron chi connectivity index (χ1n) is 4.57. The highest BCUT2D eigenvalue weighted by molar-refractivity contribution is 5.14. The van der Waals surface area contributed by atoms with Crippen molar-refractivity contribution in [2.24, 2.45) is 0 Å². The topological polar surface area (TPSA) is 9.23 Å². The van der Waals surface area contributed by atoms with Crippen molar-refractivity contribution >= 4 is 0 Å². The summed E-state index contributed by atoms with van der Waals surface area (Å²) in [5, 5.41) is 0. The predicted molar refractivity (Wildman–Crippen MR) is 58.8 cm³/mol. The molecule has 1 atom stereocenters. The van der Waals surface area contributed by atoms with E-state index in [9.17, 15) is 0 Å². The molecule has 13 heavy (non-hydrogen) atoms. The van der Waals surface area contributed by atoms with E-state index in [-0.39, 0.29) is 6.10 Å². The highest BCUT2D eigenvalue weighted by Gasteiger charge is 2.06. The van der Waals surface area contributed by atoms with E-state index in [4.69, 9.17) is 4.74 Å². The van der Waals surface area contributed by atoms with E-state index >= 15 is 0 Å². The highest BCUT2D eigenvalue weighted by Crippen LogP contribution is 2.11. The minimum Gasteiger partial charge on any atom is -0.377 e. The molecule has 0 rings (SSSR count). The lowest BCUT2D eigenvalue weighted by molar-refractivity contribution is 0.134. The fraction of sp³-hybridized carbons (Fsp3) is 0.500. The Kier molecular flexibility index (Phi) is 6.25. The normalized spacial score (nSPS) is 13.7. The van der Waals surface area contributed by atoms with Crippen LogP contribution in [0.4, 0.5) is 0 Å². The van der Waals surface area contributed by atoms with Crippen LogP contribution >= 0.6 is 0 Å². The molecule has 0 bridgehead atoms. The average molecular weight is 180 g/mol. The van der Waals surface area contributed by atoms with Crippen LogP contribution < -0.4 is 0 Å². The van der Waals surface area contributed by atoms with Gasteiger partial charge in [0.15, 0.2) is 0 Å². The molecule has 0 spiro atoms. The Morgan fingerprint density at radius 2 is 2.00 bits per heavy atom. The molecule has 0 saturated heterocycles. The second-order valence-electron chi connectivity index (χ2n) is 3.39. The number of methoxy groups -OCH3 is 1. The summed E-state index contributed by atoms with van der Waals surface area (Å²) < 4.78 is 5.35. The maximum Gasteiger partial charge on any atom is 0.0816 e. The van der Waals surface area contributed by atoms with Crippen LogP contribution in [0.3, 0.4) is 0 Å². The molecule has 0 amide bonds. The summed E-state index contributed by atoms with van der Waals surface area (Å²) in [4.78, 5) is 0. The lowest BCUT2D eigenvalue weighted by atomic mass is 10.1. The van der Waals surface area contributed by atoms with Crippen molar-refractivity contribution in [3.63, 3.8) is 0 Å². The number of hydrogen-bond donors (Lipinski definition) is 0. The first kappa shape index (κ1) is 12.2. The lowest BCUT2D eigenvalue weighted by Crippen LogP contribution is -2.10. The third kappa shape index (κ3) is 5.42. The standard InChI is InChI=1S/C12H20O/c1-6-7-11(4)12(13-5)9-8-10(2)3/h6-8,12H,1,9H2,2-5H3/b11-7+/t12-/m1/s1. The minimum atomic E-state index is 0.188. The smallest absolute Gasteiger partial charge is 0.0816 e. The Balaban J connectivity index is 4.26. The molecule has 0 radical (unpaired) electrons. The van der Waals surface area contributed by atoms with E-state index in [1.165, 1.54) is 11.1 Å². The maximum atomic E-state index is 5.35. The molecule has 1 nitrogen and oxygen atoms in total. The Bertz CT molecular complexity index is 207. The Hall–Kier alpha value is -0.820. The number of hydrogen-bond acceptors (Lipinski definition) is 1. The second-order valence-corrected chi connectivity index (χ2v) is 3.39. The summed E-state index contributed by atoms with van der Waals surface area (Å²) in [6.45, 7) is 9.92. The summed E-state index contributed by atoms with van der Waals surface area (Å²) in [7, 11) is 1.74. The van der Waals surface area contributed by atoms with Crippen LogP contribution in [0, 0.1) is 0 Å². The van der Waals surface area contributed by atoms with E-state index in [0.29, 0.717) is 0 Å². The van der Waals surface area contributed by atoms with Gasteiger partial charge in [-0.2, -0.15) is 0 Å². The molecular formula is C12H20O. The Morgan fingerprint density at radius 1 is 1.38 bits per heavy atom. The van der Waals surface area contributed by atoms with Gasteiger partial charge in [-0.3, -0.25) is 0 Å². The zero-order valence-corrected chi connectivity index (χ0v) is 9.13. The molecule has 0 aromatic rings. The van der Waals surface area contributed by atoms with Crippen LogP contribution in [-0.2, 0) is 4.74 Å². The van der Waals surface area contributed by atoms with Gasteiger partial charge >= 0.3 is 0 Å². The largest absolute Gasteiger partial charge is 0.377 e. The summed E-state index contributed by atoms with van der Waals surface area (Å²) in [6.07, 6.45) is 7.11. The van der Waals surface area contributed by atoms with Crippen LogP contribution in [0.1, 0.15) is 27.2 Å². The van der Waals surface area contributed by atoms with Crippen molar-refractivity contribution in [2.45, 2.75) is 33.3 Å². The van der Waals surface area contributed by atoms with Gasteiger partial charge in [-0.1, -0.05) is 30.4 Å². The summed E-state index contributed by atoms with van der Waals surface area (Å²) in [5.41, 5.74) is 2.54. The van der Waals surface area contributed by atoms with Crippen LogP contribution in [0.25, 0.3) is 0 Å². The van der Waals surface area contributed by atoms with Gasteiger partial charge in [0.2, 0.25) is 0 Å². The molecule has 0 fully saturated rings. The fourth-order valence-electron chi connectivity index (χ4n) is 1.10. The summed E-state index contributed by atoms with van der Waals surface area (Å²) in [6, 6.07) is 0. The van der Waals surface area contributed by atoms with Gasteiger partial charge in [0.05, 0.1) is 6.10 Å². The molecule has 0 saturated carbocycles. The molecular weight excluding hydrogens is 160 g/mol. The van der Waals surface area contributed by atoms with Crippen LogP contribution in [-0.4, -0.2) is 13.2 Å². The fourth-order valence-corrected chi connectivity index (χ4v) is 1.10. The molecule has 0 unspecified atom stereocenters. The molecule has 0 aliphatic heterocycles. The van der Waals surface area contributed by atoms with Gasteiger partial charge < -0.3 is 4.74 Å². The predicted octanol–water partition coefficient (Wildman–Crippen LogP) is 3.49. The summed E-state index contributed by atoms with van der Waals surface area (Å²) in [5.74, 6) is 0. The van der Waals surface area contributed by atoms with Crippen LogP contribution in [0.5, 0.6) is 0 Å². The molecule has 0 aromatic carbocycles. The Labute approximate surface area is 81.8 Å². The maximum absolute atomic E-state index is 5.35. The first-order chi connectivity index (χ1) is 6.11. The molecule has 0 N–H and O–H groups in total. The van der Waals surface area contributed by atoms with Crippen LogP contribution in [0.2, 0.25) is 0 Å². The third-order valence-electron chi connectivity index (χ3n) is 1.91. The van der Waals surface area contributed by atoms with Crippen molar-refractivity contribution in [1.82, 2.24) is 0 Å². The monoisotopic (exact) mass is 180 g/mol. The molecule has 74 valence electrons. The van der Waals surface area contributed by atoms with Gasteiger partial charge in [0, 0.05) is 7.11 Å². The van der Waals surface area contributed by atoms with Crippen molar-refractivity contribution in [3.8, 4) is 0 Å². The number of rotatable bonds is 5. The minimum absolute atomic E-state index is 0.188. The highest BCUT2D eigenvalue weighted by atomic mass is 16.5. The van der Waals surface area contributed by atoms with Gasteiger partial charge in [0.1, 0.15) is 0 Å². The number of allylic oxidation sites excluding steroid dienone is 3. The van der Waals surface area contributed by atoms with Gasteiger partial charge in [-0.15, -0.1) is 0 Å². The number of ether oxygens (including phenoxy) is 1. The van der Waals surface area contributed by atoms with Gasteiger partial charge in [-0.25, -0.2) is 0 Å². The quantitative estimate of drug-likeness (QED) is 0.465. The van der Waals surface area contributed by atoms with Crippen molar-refractivity contribution in [3.05, 3.63) is 36.0 Å². The molecule has 0 aromatic heterocycles. The summed E-state index contributed by atoms with van der Waals surface area (Å²) >= 11 is 0. The van der Waals surface area contributed by atoms with E-state index in [2.05, 4.69) is 33.4 Å². The third-order valence-corrected chi connectivity index (χ3v) is 1.91. The molecule has 1 heteroatoms.